The molecule has 0 aliphatic heterocycles. The van der Waals surface area contributed by atoms with E-state index >= 15 is 0 Å². The number of benzene rings is 2. The van der Waals surface area contributed by atoms with Crippen LogP contribution in [0.3, 0.4) is 0 Å². The summed E-state index contributed by atoms with van der Waals surface area (Å²) in [5.41, 5.74) is -0.784. The Bertz CT molecular complexity index is 1120. The number of carbonyl (C=O) groups is 1. The summed E-state index contributed by atoms with van der Waals surface area (Å²) in [4.78, 5) is 14.6. The lowest BCUT2D eigenvalue weighted by Crippen LogP contribution is -2.48. The highest BCUT2D eigenvalue weighted by atomic mass is 35.5. The van der Waals surface area contributed by atoms with E-state index in [1.165, 1.54) is 53.6 Å². The van der Waals surface area contributed by atoms with E-state index in [9.17, 15) is 18.7 Å². The molecule has 32 heavy (non-hydrogen) atoms. The van der Waals surface area contributed by atoms with Gasteiger partial charge in [0.25, 0.3) is 5.91 Å². The largest absolute Gasteiger partial charge is 0.387 e. The number of aromatic nitrogens is 3. The van der Waals surface area contributed by atoms with Gasteiger partial charge in [0.05, 0.1) is 40.3 Å². The zero-order valence-corrected chi connectivity index (χ0v) is 18.3. The number of hydrogen-bond acceptors (Lipinski definition) is 4. The number of nitrogens with one attached hydrogen (secondary N) is 1. The van der Waals surface area contributed by atoms with Crippen molar-refractivity contribution < 1.29 is 18.7 Å². The molecule has 0 bridgehead atoms. The first-order chi connectivity index (χ1) is 15.3. The summed E-state index contributed by atoms with van der Waals surface area (Å²) in [6.45, 7) is 0. The van der Waals surface area contributed by atoms with Crippen LogP contribution in [0, 0.1) is 5.82 Å². The summed E-state index contributed by atoms with van der Waals surface area (Å²) in [6, 6.07) is 7.67. The molecule has 1 aliphatic rings. The minimum absolute atomic E-state index is 0.0835. The van der Waals surface area contributed by atoms with Gasteiger partial charge >= 0.3 is 0 Å². The number of halogens is 4. The van der Waals surface area contributed by atoms with Crippen LogP contribution in [0.1, 0.15) is 47.6 Å². The van der Waals surface area contributed by atoms with Crippen molar-refractivity contribution in [2.75, 3.05) is 0 Å². The highest BCUT2D eigenvalue weighted by molar-refractivity contribution is 6.31. The van der Waals surface area contributed by atoms with Crippen LogP contribution in [0.2, 0.25) is 10.0 Å². The van der Waals surface area contributed by atoms with Crippen LogP contribution in [-0.2, 0) is 0 Å². The standard InChI is InChI=1S/C22H20Cl2F2N4O2/c23-13-4-5-15(18(12-13)30-27-10-11-28-30)21(31)29-20(16-2-1-3-17(26)19(16)24)22(32)8-6-14(25)7-9-22/h1-5,10-12,14,20,32H,6-9H2,(H,29,31). The first-order valence-corrected chi connectivity index (χ1v) is 10.8. The van der Waals surface area contributed by atoms with Crippen molar-refractivity contribution in [3.05, 3.63) is 75.8 Å². The van der Waals surface area contributed by atoms with Crippen molar-refractivity contribution in [2.45, 2.75) is 43.5 Å². The van der Waals surface area contributed by atoms with Crippen LogP contribution < -0.4 is 5.32 Å². The Balaban J connectivity index is 1.74. The van der Waals surface area contributed by atoms with Crippen LogP contribution in [-0.4, -0.2) is 37.8 Å². The SMILES string of the molecule is O=C(NC(c1cccc(F)c1Cl)C1(O)CCC(F)CC1)c1ccc(Cl)cc1-n1nccn1. The van der Waals surface area contributed by atoms with Crippen molar-refractivity contribution in [3.63, 3.8) is 0 Å². The van der Waals surface area contributed by atoms with Crippen molar-refractivity contribution in [3.8, 4) is 5.69 Å². The number of hydrogen-bond donors (Lipinski definition) is 2. The fraction of sp³-hybridized carbons (Fsp3) is 0.318. The lowest BCUT2D eigenvalue weighted by atomic mass is 9.76. The second-order valence-electron chi connectivity index (χ2n) is 7.81. The van der Waals surface area contributed by atoms with E-state index in [0.717, 1.165) is 0 Å². The lowest BCUT2D eigenvalue weighted by Gasteiger charge is -2.41. The predicted molar refractivity (Wildman–Crippen MR) is 116 cm³/mol. The maximum absolute atomic E-state index is 14.2. The summed E-state index contributed by atoms with van der Waals surface area (Å²) in [7, 11) is 0. The lowest BCUT2D eigenvalue weighted by molar-refractivity contribution is -0.0445. The van der Waals surface area contributed by atoms with Crippen LogP contribution in [0.5, 0.6) is 0 Å². The van der Waals surface area contributed by atoms with Gasteiger partial charge in [0.1, 0.15) is 12.0 Å². The van der Waals surface area contributed by atoms with E-state index in [2.05, 4.69) is 15.5 Å². The summed E-state index contributed by atoms with van der Waals surface area (Å²) in [6.07, 6.45) is 2.29. The van der Waals surface area contributed by atoms with Crippen molar-refractivity contribution in [2.24, 2.45) is 0 Å². The number of aliphatic hydroxyl groups is 1. The van der Waals surface area contributed by atoms with Gasteiger partial charge in [-0.15, -0.1) is 0 Å². The molecule has 1 aromatic heterocycles. The van der Waals surface area contributed by atoms with Gasteiger partial charge < -0.3 is 10.4 Å². The monoisotopic (exact) mass is 480 g/mol. The van der Waals surface area contributed by atoms with E-state index < -0.39 is 29.5 Å². The van der Waals surface area contributed by atoms with Gasteiger partial charge in [0, 0.05) is 5.02 Å². The third-order valence-corrected chi connectivity index (χ3v) is 6.36. The molecule has 4 rings (SSSR count). The fourth-order valence-electron chi connectivity index (χ4n) is 4.03. The third-order valence-electron chi connectivity index (χ3n) is 5.72. The Kier molecular flexibility index (Phi) is 6.46. The van der Waals surface area contributed by atoms with Gasteiger partial charge in [0.2, 0.25) is 0 Å². The maximum Gasteiger partial charge on any atom is 0.254 e. The number of nitrogens with zero attached hydrogens (tertiary/aromatic N) is 3. The second-order valence-corrected chi connectivity index (χ2v) is 8.62. The van der Waals surface area contributed by atoms with Crippen LogP contribution in [0.4, 0.5) is 8.78 Å². The number of carbonyl (C=O) groups excluding carboxylic acids is 1. The molecule has 2 aromatic carbocycles. The molecule has 1 atom stereocenters. The normalized spacial score (nSPS) is 21.8. The Morgan fingerprint density at radius 2 is 1.88 bits per heavy atom. The molecule has 0 saturated heterocycles. The van der Waals surface area contributed by atoms with Gasteiger partial charge in [-0.3, -0.25) is 4.79 Å². The average Bonchev–Trinajstić information content (AvgIpc) is 3.31. The molecule has 1 saturated carbocycles. The zero-order valence-electron chi connectivity index (χ0n) is 16.8. The molecular weight excluding hydrogens is 461 g/mol. The van der Waals surface area contributed by atoms with E-state index in [-0.39, 0.29) is 41.8 Å². The molecular formula is C22H20Cl2F2N4O2. The van der Waals surface area contributed by atoms with Crippen molar-refractivity contribution in [1.82, 2.24) is 20.3 Å². The van der Waals surface area contributed by atoms with Gasteiger partial charge in [-0.25, -0.2) is 8.78 Å². The molecule has 1 amide bonds. The number of rotatable bonds is 5. The average molecular weight is 481 g/mol. The minimum atomic E-state index is -1.51. The molecule has 1 aliphatic carbocycles. The predicted octanol–water partition coefficient (Wildman–Crippen LogP) is 4.83. The Labute approximate surface area is 193 Å². The van der Waals surface area contributed by atoms with Gasteiger partial charge in [-0.1, -0.05) is 35.3 Å². The Morgan fingerprint density at radius 3 is 2.56 bits per heavy atom. The molecule has 6 nitrogen and oxygen atoms in total. The van der Waals surface area contributed by atoms with Crippen LogP contribution in [0.15, 0.2) is 48.8 Å². The fourth-order valence-corrected chi connectivity index (χ4v) is 4.43. The first-order valence-electron chi connectivity index (χ1n) is 10.1. The van der Waals surface area contributed by atoms with Gasteiger partial charge in [-0.2, -0.15) is 15.0 Å². The Hall–Kier alpha value is -2.55. The number of alkyl halides is 1. The molecule has 3 aromatic rings. The molecule has 0 radical (unpaired) electrons. The van der Waals surface area contributed by atoms with Crippen molar-refractivity contribution in [1.29, 1.82) is 0 Å². The van der Waals surface area contributed by atoms with E-state index in [1.54, 1.807) is 0 Å². The summed E-state index contributed by atoms with van der Waals surface area (Å²) in [5, 5.41) is 22.5. The quantitative estimate of drug-likeness (QED) is 0.548. The molecule has 1 fully saturated rings. The summed E-state index contributed by atoms with van der Waals surface area (Å²) in [5.74, 6) is -1.26. The molecule has 1 unspecified atom stereocenters. The van der Waals surface area contributed by atoms with E-state index in [0.29, 0.717) is 10.7 Å². The highest BCUT2D eigenvalue weighted by Crippen LogP contribution is 2.42. The van der Waals surface area contributed by atoms with E-state index in [4.69, 9.17) is 23.2 Å². The summed E-state index contributed by atoms with van der Waals surface area (Å²) < 4.78 is 28.0. The molecule has 1 heterocycles. The zero-order chi connectivity index (χ0) is 22.9. The topological polar surface area (TPSA) is 80.0 Å². The van der Waals surface area contributed by atoms with E-state index in [1.807, 2.05) is 0 Å². The second kappa shape index (κ2) is 9.13. The molecule has 0 spiro atoms. The summed E-state index contributed by atoms with van der Waals surface area (Å²) >= 11 is 12.3. The molecule has 168 valence electrons. The van der Waals surface area contributed by atoms with Crippen LogP contribution >= 0.6 is 23.2 Å². The molecule has 10 heteroatoms. The third kappa shape index (κ3) is 4.48. The number of amides is 1. The minimum Gasteiger partial charge on any atom is -0.387 e. The molecule has 2 N–H and O–H groups in total. The maximum atomic E-state index is 14.2. The van der Waals surface area contributed by atoms with Crippen LogP contribution in [0.25, 0.3) is 5.69 Å². The van der Waals surface area contributed by atoms with Crippen molar-refractivity contribution >= 4 is 29.1 Å². The Morgan fingerprint density at radius 1 is 1.19 bits per heavy atom. The smallest absolute Gasteiger partial charge is 0.254 e. The van der Waals surface area contributed by atoms with Gasteiger partial charge in [-0.05, 0) is 55.5 Å². The first kappa shape index (κ1) is 22.6. The van der Waals surface area contributed by atoms with Gasteiger partial charge in [0.15, 0.2) is 0 Å². The highest BCUT2D eigenvalue weighted by Gasteiger charge is 2.43.